The molecular weight excluding hydrogens is 301 g/mol. The van der Waals surface area contributed by atoms with Gasteiger partial charge in [-0.05, 0) is 36.4 Å². The van der Waals surface area contributed by atoms with Crippen molar-refractivity contribution in [3.63, 3.8) is 0 Å². The van der Waals surface area contributed by atoms with Crippen molar-refractivity contribution in [2.75, 3.05) is 12.8 Å². The van der Waals surface area contributed by atoms with Gasteiger partial charge in [0.1, 0.15) is 11.5 Å². The zero-order chi connectivity index (χ0) is 14.7. The van der Waals surface area contributed by atoms with Crippen LogP contribution in [0.2, 0.25) is 10.0 Å². The maximum Gasteiger partial charge on any atom is 0.337 e. The van der Waals surface area contributed by atoms with Gasteiger partial charge in [-0.3, -0.25) is 0 Å². The van der Waals surface area contributed by atoms with Crippen molar-refractivity contribution in [1.29, 1.82) is 0 Å². The molecule has 0 unspecified atom stereocenters. The van der Waals surface area contributed by atoms with Gasteiger partial charge in [-0.25, -0.2) is 4.79 Å². The second-order valence-corrected chi connectivity index (χ2v) is 4.82. The first-order chi connectivity index (χ1) is 9.49. The van der Waals surface area contributed by atoms with Gasteiger partial charge >= 0.3 is 5.97 Å². The van der Waals surface area contributed by atoms with Gasteiger partial charge in [-0.1, -0.05) is 23.2 Å². The SMILES string of the molecule is COC(=O)c1ccc(Oc2cc(Cl)cc(Cl)c2)c(N)c1. The Balaban J connectivity index is 2.27. The van der Waals surface area contributed by atoms with E-state index in [1.807, 2.05) is 0 Å². The molecule has 0 saturated heterocycles. The third-order valence-corrected chi connectivity index (χ3v) is 2.93. The molecule has 104 valence electrons. The average molecular weight is 312 g/mol. The highest BCUT2D eigenvalue weighted by Gasteiger charge is 2.10. The molecule has 0 heterocycles. The van der Waals surface area contributed by atoms with Crippen LogP contribution in [0.4, 0.5) is 5.69 Å². The Morgan fingerprint density at radius 1 is 1.10 bits per heavy atom. The number of halogens is 2. The molecule has 0 aliphatic carbocycles. The summed E-state index contributed by atoms with van der Waals surface area (Å²) >= 11 is 11.8. The number of benzene rings is 2. The molecule has 0 amide bonds. The molecule has 0 fully saturated rings. The van der Waals surface area contributed by atoms with Crippen LogP contribution in [0.3, 0.4) is 0 Å². The molecule has 6 heteroatoms. The number of methoxy groups -OCH3 is 1. The minimum absolute atomic E-state index is 0.309. The van der Waals surface area contributed by atoms with Crippen LogP contribution in [-0.2, 0) is 4.74 Å². The second-order valence-electron chi connectivity index (χ2n) is 3.95. The highest BCUT2D eigenvalue weighted by atomic mass is 35.5. The Labute approximate surface area is 126 Å². The van der Waals surface area contributed by atoms with Crippen LogP contribution >= 0.6 is 23.2 Å². The summed E-state index contributed by atoms with van der Waals surface area (Å²) in [6, 6.07) is 9.44. The van der Waals surface area contributed by atoms with Crippen LogP contribution in [0.15, 0.2) is 36.4 Å². The van der Waals surface area contributed by atoms with Crippen LogP contribution in [0.25, 0.3) is 0 Å². The number of carbonyl (C=O) groups excluding carboxylic acids is 1. The Morgan fingerprint density at radius 2 is 1.75 bits per heavy atom. The smallest absolute Gasteiger partial charge is 0.337 e. The maximum absolute atomic E-state index is 11.4. The van der Waals surface area contributed by atoms with Gasteiger partial charge in [-0.2, -0.15) is 0 Å². The van der Waals surface area contributed by atoms with E-state index in [0.29, 0.717) is 32.8 Å². The highest BCUT2D eigenvalue weighted by molar-refractivity contribution is 6.34. The molecule has 0 atom stereocenters. The quantitative estimate of drug-likeness (QED) is 0.683. The third-order valence-electron chi connectivity index (χ3n) is 2.49. The van der Waals surface area contributed by atoms with Crippen molar-refractivity contribution in [1.82, 2.24) is 0 Å². The summed E-state index contributed by atoms with van der Waals surface area (Å²) in [6.45, 7) is 0. The van der Waals surface area contributed by atoms with Crippen molar-refractivity contribution >= 4 is 34.9 Å². The van der Waals surface area contributed by atoms with Crippen molar-refractivity contribution < 1.29 is 14.3 Å². The molecule has 20 heavy (non-hydrogen) atoms. The molecule has 0 bridgehead atoms. The first-order valence-electron chi connectivity index (χ1n) is 5.61. The normalized spacial score (nSPS) is 10.2. The van der Waals surface area contributed by atoms with E-state index >= 15 is 0 Å². The van der Waals surface area contributed by atoms with Crippen molar-refractivity contribution in [3.8, 4) is 11.5 Å². The molecule has 0 aliphatic heterocycles. The summed E-state index contributed by atoms with van der Waals surface area (Å²) < 4.78 is 10.2. The largest absolute Gasteiger partial charge is 0.465 e. The van der Waals surface area contributed by atoms with Crippen molar-refractivity contribution in [2.24, 2.45) is 0 Å². The Morgan fingerprint density at radius 3 is 2.30 bits per heavy atom. The minimum atomic E-state index is -0.464. The predicted octanol–water partition coefficient (Wildman–Crippen LogP) is 4.15. The van der Waals surface area contributed by atoms with E-state index in [0.717, 1.165) is 0 Å². The van der Waals surface area contributed by atoms with E-state index in [9.17, 15) is 4.79 Å². The zero-order valence-electron chi connectivity index (χ0n) is 10.5. The number of nitrogen functional groups attached to an aromatic ring is 1. The molecule has 0 spiro atoms. The molecular formula is C14H11Cl2NO3. The van der Waals surface area contributed by atoms with Crippen LogP contribution < -0.4 is 10.5 Å². The number of hydrogen-bond acceptors (Lipinski definition) is 4. The molecule has 4 nitrogen and oxygen atoms in total. The third kappa shape index (κ3) is 3.35. The van der Waals surface area contributed by atoms with E-state index in [1.54, 1.807) is 30.3 Å². The lowest BCUT2D eigenvalue weighted by Gasteiger charge is -2.10. The lowest BCUT2D eigenvalue weighted by molar-refractivity contribution is 0.0601. The van der Waals surface area contributed by atoms with Gasteiger partial charge in [0.05, 0.1) is 18.4 Å². The van der Waals surface area contributed by atoms with Gasteiger partial charge in [0, 0.05) is 10.0 Å². The van der Waals surface area contributed by atoms with Gasteiger partial charge in [-0.15, -0.1) is 0 Å². The van der Waals surface area contributed by atoms with E-state index in [2.05, 4.69) is 4.74 Å². The predicted molar refractivity (Wildman–Crippen MR) is 78.7 cm³/mol. The maximum atomic E-state index is 11.4. The molecule has 0 aromatic heterocycles. The molecule has 2 aromatic carbocycles. The summed E-state index contributed by atoms with van der Waals surface area (Å²) in [5, 5.41) is 0.912. The lowest BCUT2D eigenvalue weighted by Crippen LogP contribution is -2.02. The number of carbonyl (C=O) groups is 1. The first kappa shape index (κ1) is 14.5. The number of hydrogen-bond donors (Lipinski definition) is 1. The van der Waals surface area contributed by atoms with Gasteiger partial charge < -0.3 is 15.2 Å². The number of rotatable bonds is 3. The lowest BCUT2D eigenvalue weighted by atomic mass is 10.2. The Kier molecular flexibility index (Phi) is 4.37. The summed E-state index contributed by atoms with van der Waals surface area (Å²) in [5.41, 5.74) is 6.50. The molecule has 2 aromatic rings. The fourth-order valence-corrected chi connectivity index (χ4v) is 2.11. The van der Waals surface area contributed by atoms with Crippen LogP contribution in [0.5, 0.6) is 11.5 Å². The number of esters is 1. The average Bonchev–Trinajstić information content (AvgIpc) is 2.39. The summed E-state index contributed by atoms with van der Waals surface area (Å²) in [6.07, 6.45) is 0. The number of nitrogens with two attached hydrogens (primary N) is 1. The fourth-order valence-electron chi connectivity index (χ4n) is 1.60. The highest BCUT2D eigenvalue weighted by Crippen LogP contribution is 2.31. The Hall–Kier alpha value is -1.91. The standard InChI is InChI=1S/C14H11Cl2NO3/c1-19-14(18)8-2-3-13(12(17)4-8)20-11-6-9(15)5-10(16)7-11/h2-7H,17H2,1H3. The van der Waals surface area contributed by atoms with Gasteiger partial charge in [0.15, 0.2) is 0 Å². The van der Waals surface area contributed by atoms with Gasteiger partial charge in [0.2, 0.25) is 0 Å². The number of anilines is 1. The van der Waals surface area contributed by atoms with Crippen LogP contribution in [0.1, 0.15) is 10.4 Å². The molecule has 0 aliphatic rings. The van der Waals surface area contributed by atoms with E-state index in [4.69, 9.17) is 33.7 Å². The summed E-state index contributed by atoms with van der Waals surface area (Å²) in [4.78, 5) is 11.4. The molecule has 2 rings (SSSR count). The van der Waals surface area contributed by atoms with Crippen molar-refractivity contribution in [2.45, 2.75) is 0 Å². The first-order valence-corrected chi connectivity index (χ1v) is 6.37. The zero-order valence-corrected chi connectivity index (χ0v) is 12.0. The van der Waals surface area contributed by atoms with Crippen LogP contribution in [0, 0.1) is 0 Å². The number of ether oxygens (including phenoxy) is 2. The van der Waals surface area contributed by atoms with Crippen molar-refractivity contribution in [3.05, 3.63) is 52.0 Å². The molecule has 0 saturated carbocycles. The second kappa shape index (κ2) is 6.03. The van der Waals surface area contributed by atoms with E-state index < -0.39 is 5.97 Å². The molecule has 2 N–H and O–H groups in total. The summed E-state index contributed by atoms with van der Waals surface area (Å²) in [7, 11) is 1.30. The van der Waals surface area contributed by atoms with Crippen LogP contribution in [-0.4, -0.2) is 13.1 Å². The molecule has 0 radical (unpaired) electrons. The fraction of sp³-hybridized carbons (Fsp3) is 0.0714. The monoisotopic (exact) mass is 311 g/mol. The van der Waals surface area contributed by atoms with Gasteiger partial charge in [0.25, 0.3) is 0 Å². The van der Waals surface area contributed by atoms with E-state index in [-0.39, 0.29) is 0 Å². The summed E-state index contributed by atoms with van der Waals surface area (Å²) in [5.74, 6) is 0.394. The topological polar surface area (TPSA) is 61.5 Å². The Bertz CT molecular complexity index is 639. The minimum Gasteiger partial charge on any atom is -0.465 e. The van der Waals surface area contributed by atoms with E-state index in [1.165, 1.54) is 13.2 Å².